The quantitative estimate of drug-likeness (QED) is 0.641. The molecule has 0 aliphatic rings. The third kappa shape index (κ3) is 10.1. The van der Waals surface area contributed by atoms with Crippen LogP contribution in [0.4, 0.5) is 0 Å². The minimum Gasteiger partial charge on any atom is -0.676 e. The number of hydrogen-bond acceptors (Lipinski definition) is 2. The fourth-order valence-corrected chi connectivity index (χ4v) is 0.239. The zero-order valence-corrected chi connectivity index (χ0v) is 7.60. The molecule has 0 aromatic heterocycles. The van der Waals surface area contributed by atoms with Crippen LogP contribution in [0.3, 0.4) is 0 Å². The molecule has 0 rings (SSSR count). The Morgan fingerprint density at radius 1 is 1.38 bits per heavy atom. The number of aliphatic hydroxyl groups is 1. The van der Waals surface area contributed by atoms with E-state index in [2.05, 4.69) is 0 Å². The molecule has 0 heterocycles. The molecule has 0 atom stereocenters. The fourth-order valence-electron chi connectivity index (χ4n) is 0.239. The largest absolute Gasteiger partial charge is 0.676 e. The van der Waals surface area contributed by atoms with Gasteiger partial charge in [-0.3, -0.25) is 0 Å². The first-order valence-corrected chi connectivity index (χ1v) is 2.25. The normalized spacial score (nSPS) is 8.25. The smallest absolute Gasteiger partial charge is 0.0696 e. The first-order chi connectivity index (χ1) is 3.41. The van der Waals surface area contributed by atoms with Crippen LogP contribution in [0.15, 0.2) is 0 Å². The van der Waals surface area contributed by atoms with Gasteiger partial charge in [0.1, 0.15) is 0 Å². The summed E-state index contributed by atoms with van der Waals surface area (Å²) in [4.78, 5) is 0. The molecule has 1 radical (unpaired) electrons. The molecule has 0 amide bonds. The zero-order chi connectivity index (χ0) is 5.54. The molecule has 0 aromatic rings. The molecule has 0 aliphatic heterocycles. The Morgan fingerprint density at radius 2 is 2.00 bits per heavy atom. The number of hydrogen-bond donors (Lipinski definition) is 1. The molecule has 0 unspecified atom stereocenters. The van der Waals surface area contributed by atoms with Crippen LogP contribution in [-0.2, 0) is 37.4 Å². The van der Waals surface area contributed by atoms with Crippen LogP contribution in [0.2, 0.25) is 0 Å². The first-order valence-electron chi connectivity index (χ1n) is 2.25. The van der Waals surface area contributed by atoms with Gasteiger partial charge in [-0.2, -0.15) is 0 Å². The maximum absolute atomic E-state index is 8.11. The summed E-state index contributed by atoms with van der Waals surface area (Å²) in [6, 6.07) is 0. The van der Waals surface area contributed by atoms with E-state index in [9.17, 15) is 0 Å². The molecule has 47 valence electrons. The maximum Gasteiger partial charge on any atom is 0.0696 e. The van der Waals surface area contributed by atoms with Crippen molar-refractivity contribution in [1.82, 2.24) is 0 Å². The average Bonchev–Trinajstić information content (AvgIpc) is 1.69. The second-order valence-electron chi connectivity index (χ2n) is 1.09. The van der Waals surface area contributed by atoms with Gasteiger partial charge in [-0.25, -0.2) is 0 Å². The summed E-state index contributed by atoms with van der Waals surface area (Å²) in [5.74, 6) is 0. The van der Waals surface area contributed by atoms with Crippen LogP contribution in [0.5, 0.6) is 0 Å². The Kier molecular flexibility index (Phi) is 16.0. The van der Waals surface area contributed by atoms with Crippen molar-refractivity contribution in [1.29, 1.82) is 0 Å². The van der Waals surface area contributed by atoms with E-state index in [1.807, 2.05) is 0 Å². The van der Waals surface area contributed by atoms with E-state index in [4.69, 9.17) is 15.6 Å². The summed E-state index contributed by atoms with van der Waals surface area (Å²) in [6.45, 7) is 1.12. The predicted molar refractivity (Wildman–Crippen MR) is 27.1 cm³/mol. The molecule has 0 saturated carbocycles. The van der Waals surface area contributed by atoms with Gasteiger partial charge in [-0.05, 0) is 0 Å². The maximum atomic E-state index is 8.11. The van der Waals surface area contributed by atoms with Crippen LogP contribution in [0, 0.1) is 0 Å². The number of nitrogens with one attached hydrogen (secondary N) is 1. The van der Waals surface area contributed by atoms with E-state index in [0.717, 1.165) is 0 Å². The molecule has 0 fully saturated rings. The van der Waals surface area contributed by atoms with Gasteiger partial charge in [-0.15, -0.1) is 6.54 Å². The molecule has 0 bridgehead atoms. The van der Waals surface area contributed by atoms with Gasteiger partial charge in [0, 0.05) is 39.3 Å². The van der Waals surface area contributed by atoms with Gasteiger partial charge >= 0.3 is 0 Å². The number of rotatable bonds is 4. The Balaban J connectivity index is 0. The van der Waals surface area contributed by atoms with Crippen LogP contribution < -0.4 is 0 Å². The second kappa shape index (κ2) is 10.9. The van der Waals surface area contributed by atoms with Crippen molar-refractivity contribution in [2.75, 3.05) is 26.4 Å². The molecular formula is C4H10NO2Y-. The van der Waals surface area contributed by atoms with Gasteiger partial charge in [0.05, 0.1) is 13.2 Å². The SMILES string of the molecule is [NH-]CCOCCO.[Y]. The van der Waals surface area contributed by atoms with Crippen molar-refractivity contribution in [2.24, 2.45) is 0 Å². The zero-order valence-electron chi connectivity index (χ0n) is 4.76. The summed E-state index contributed by atoms with van der Waals surface area (Å²) in [7, 11) is 0. The summed E-state index contributed by atoms with van der Waals surface area (Å²) < 4.78 is 4.69. The monoisotopic (exact) mass is 193 g/mol. The topological polar surface area (TPSA) is 53.3 Å². The van der Waals surface area contributed by atoms with Crippen molar-refractivity contribution < 1.29 is 42.6 Å². The van der Waals surface area contributed by atoms with Crippen molar-refractivity contribution >= 4 is 0 Å². The third-order valence-electron chi connectivity index (χ3n) is 0.482. The van der Waals surface area contributed by atoms with Crippen LogP contribution in [0.25, 0.3) is 5.73 Å². The molecule has 0 spiro atoms. The Labute approximate surface area is 74.5 Å². The van der Waals surface area contributed by atoms with Gasteiger partial charge in [0.25, 0.3) is 0 Å². The van der Waals surface area contributed by atoms with Crippen LogP contribution in [0.1, 0.15) is 0 Å². The minimum absolute atomic E-state index is 0. The van der Waals surface area contributed by atoms with Crippen molar-refractivity contribution in [3.8, 4) is 0 Å². The summed E-state index contributed by atoms with van der Waals surface area (Å²) in [5, 5.41) is 8.11. The first kappa shape index (κ1) is 11.7. The molecule has 2 N–H and O–H groups in total. The summed E-state index contributed by atoms with van der Waals surface area (Å²) in [5.41, 5.74) is 6.57. The van der Waals surface area contributed by atoms with Gasteiger partial charge in [0.2, 0.25) is 0 Å². The van der Waals surface area contributed by atoms with Gasteiger partial charge in [0.15, 0.2) is 0 Å². The molecular weight excluding hydrogens is 183 g/mol. The van der Waals surface area contributed by atoms with Crippen LogP contribution >= 0.6 is 0 Å². The summed E-state index contributed by atoms with van der Waals surface area (Å²) in [6.07, 6.45) is 0. The molecule has 4 heteroatoms. The van der Waals surface area contributed by atoms with E-state index >= 15 is 0 Å². The van der Waals surface area contributed by atoms with E-state index < -0.39 is 0 Å². The number of aliphatic hydroxyl groups excluding tert-OH is 1. The van der Waals surface area contributed by atoms with E-state index in [1.54, 1.807) is 0 Å². The molecule has 0 aliphatic carbocycles. The van der Waals surface area contributed by atoms with Gasteiger partial charge < -0.3 is 15.6 Å². The van der Waals surface area contributed by atoms with E-state index in [1.165, 1.54) is 0 Å². The predicted octanol–water partition coefficient (Wildman–Crippen LogP) is 0.0450. The average molecular weight is 193 g/mol. The van der Waals surface area contributed by atoms with Gasteiger partial charge in [-0.1, -0.05) is 0 Å². The molecule has 3 nitrogen and oxygen atoms in total. The number of ether oxygens (including phenoxy) is 1. The van der Waals surface area contributed by atoms with Crippen molar-refractivity contribution in [3.63, 3.8) is 0 Å². The van der Waals surface area contributed by atoms with E-state index in [-0.39, 0.29) is 45.9 Å². The van der Waals surface area contributed by atoms with Crippen molar-refractivity contribution in [2.45, 2.75) is 0 Å². The third-order valence-corrected chi connectivity index (χ3v) is 0.482. The second-order valence-corrected chi connectivity index (χ2v) is 1.09. The fraction of sp³-hybridized carbons (Fsp3) is 1.00. The Hall–Kier alpha value is 0.984. The summed E-state index contributed by atoms with van der Waals surface area (Å²) >= 11 is 0. The molecule has 0 aromatic carbocycles. The Bertz CT molecular complexity index is 33.2. The van der Waals surface area contributed by atoms with Crippen LogP contribution in [-0.4, -0.2) is 31.5 Å². The molecule has 8 heavy (non-hydrogen) atoms. The Morgan fingerprint density at radius 3 is 2.38 bits per heavy atom. The molecule has 0 saturated heterocycles. The minimum atomic E-state index is 0. The standard InChI is InChI=1S/C4H10NO2.Y/c5-1-3-7-4-2-6;/h5-6H,1-4H2;/q-1;. The van der Waals surface area contributed by atoms with E-state index in [0.29, 0.717) is 13.2 Å². The van der Waals surface area contributed by atoms with Crippen molar-refractivity contribution in [3.05, 3.63) is 5.73 Å².